The number of benzene rings is 1. The van der Waals surface area contributed by atoms with Gasteiger partial charge < -0.3 is 15.2 Å². The molecule has 0 saturated carbocycles. The number of nitrogens with two attached hydrogens (primary N) is 1. The molecule has 0 radical (unpaired) electrons. The van der Waals surface area contributed by atoms with E-state index in [4.69, 9.17) is 15.2 Å². The van der Waals surface area contributed by atoms with Crippen molar-refractivity contribution in [2.75, 3.05) is 19.8 Å². The highest BCUT2D eigenvalue weighted by Gasteiger charge is 2.19. The Morgan fingerprint density at radius 1 is 1.33 bits per heavy atom. The van der Waals surface area contributed by atoms with Gasteiger partial charge in [0.25, 0.3) is 0 Å². The van der Waals surface area contributed by atoms with Gasteiger partial charge in [0.2, 0.25) is 0 Å². The van der Waals surface area contributed by atoms with Crippen molar-refractivity contribution < 1.29 is 9.47 Å². The summed E-state index contributed by atoms with van der Waals surface area (Å²) in [7, 11) is 0. The molecule has 18 heavy (non-hydrogen) atoms. The average Bonchev–Trinajstić information content (AvgIpc) is 2.90. The second-order valence-corrected chi connectivity index (χ2v) is 5.40. The van der Waals surface area contributed by atoms with Crippen molar-refractivity contribution in [1.82, 2.24) is 0 Å². The molecular formula is C15H21NO2. The zero-order valence-electron chi connectivity index (χ0n) is 10.7. The zero-order chi connectivity index (χ0) is 12.4. The van der Waals surface area contributed by atoms with Crippen LogP contribution in [0, 0.1) is 5.92 Å². The van der Waals surface area contributed by atoms with Gasteiger partial charge in [-0.05, 0) is 48.9 Å². The minimum absolute atomic E-state index is 0.187. The number of rotatable bonds is 3. The van der Waals surface area contributed by atoms with Crippen molar-refractivity contribution >= 4 is 0 Å². The summed E-state index contributed by atoms with van der Waals surface area (Å²) in [6, 6.07) is 6.57. The Morgan fingerprint density at radius 2 is 2.28 bits per heavy atom. The maximum absolute atomic E-state index is 6.16. The Kier molecular flexibility index (Phi) is 3.52. The molecule has 0 aromatic heterocycles. The number of ether oxygens (including phenoxy) is 2. The molecule has 98 valence electrons. The van der Waals surface area contributed by atoms with Crippen LogP contribution in [0.2, 0.25) is 0 Å². The molecule has 2 aliphatic rings. The fraction of sp³-hybridized carbons (Fsp3) is 0.600. The Balaban J connectivity index is 1.67. The lowest BCUT2D eigenvalue weighted by Gasteiger charge is -2.23. The maximum atomic E-state index is 6.16. The van der Waals surface area contributed by atoms with E-state index in [1.165, 1.54) is 17.5 Å². The second kappa shape index (κ2) is 5.29. The van der Waals surface area contributed by atoms with Crippen LogP contribution >= 0.6 is 0 Å². The van der Waals surface area contributed by atoms with Gasteiger partial charge in [-0.3, -0.25) is 0 Å². The molecular weight excluding hydrogens is 226 g/mol. The van der Waals surface area contributed by atoms with Gasteiger partial charge >= 0.3 is 0 Å². The van der Waals surface area contributed by atoms with Gasteiger partial charge in [0.15, 0.2) is 0 Å². The molecule has 1 fully saturated rings. The van der Waals surface area contributed by atoms with Crippen LogP contribution in [0.1, 0.15) is 36.4 Å². The lowest BCUT2D eigenvalue weighted by molar-refractivity contribution is 0.167. The largest absolute Gasteiger partial charge is 0.493 e. The standard InChI is InChI=1S/C15H21NO2/c16-15-3-1-2-12-4-5-13(8-14(12)15)18-10-11-6-7-17-9-11/h4-5,8,11,15H,1-3,6-7,9-10,16H2. The topological polar surface area (TPSA) is 44.5 Å². The fourth-order valence-electron chi connectivity index (χ4n) is 2.83. The number of fused-ring (bicyclic) bond motifs is 1. The average molecular weight is 247 g/mol. The fourth-order valence-corrected chi connectivity index (χ4v) is 2.83. The van der Waals surface area contributed by atoms with Crippen LogP contribution in [-0.2, 0) is 11.2 Å². The molecule has 1 saturated heterocycles. The summed E-state index contributed by atoms with van der Waals surface area (Å²) < 4.78 is 11.2. The van der Waals surface area contributed by atoms with Crippen LogP contribution in [-0.4, -0.2) is 19.8 Å². The summed E-state index contributed by atoms with van der Waals surface area (Å²) in [6.45, 7) is 2.47. The first kappa shape index (κ1) is 12.0. The van der Waals surface area contributed by atoms with Crippen LogP contribution in [0.15, 0.2) is 18.2 Å². The molecule has 3 heteroatoms. The van der Waals surface area contributed by atoms with E-state index in [9.17, 15) is 0 Å². The normalized spacial score (nSPS) is 26.9. The summed E-state index contributed by atoms with van der Waals surface area (Å²) in [6.07, 6.45) is 4.56. The van der Waals surface area contributed by atoms with E-state index in [0.29, 0.717) is 5.92 Å². The SMILES string of the molecule is NC1CCCc2ccc(OCC3CCOC3)cc21. The first-order chi connectivity index (χ1) is 8.83. The first-order valence-corrected chi connectivity index (χ1v) is 6.92. The molecule has 1 aromatic carbocycles. The zero-order valence-corrected chi connectivity index (χ0v) is 10.7. The smallest absolute Gasteiger partial charge is 0.119 e. The predicted molar refractivity (Wildman–Crippen MR) is 70.7 cm³/mol. The third kappa shape index (κ3) is 2.52. The molecule has 1 heterocycles. The van der Waals surface area contributed by atoms with E-state index in [0.717, 1.165) is 44.8 Å². The van der Waals surface area contributed by atoms with Crippen molar-refractivity contribution in [3.8, 4) is 5.75 Å². The summed E-state index contributed by atoms with van der Waals surface area (Å²) in [4.78, 5) is 0. The highest BCUT2D eigenvalue weighted by Crippen LogP contribution is 2.31. The van der Waals surface area contributed by atoms with Gasteiger partial charge in [0.1, 0.15) is 5.75 Å². The van der Waals surface area contributed by atoms with E-state index in [2.05, 4.69) is 18.2 Å². The summed E-state index contributed by atoms with van der Waals surface area (Å²) in [5, 5.41) is 0. The molecule has 1 aliphatic heterocycles. The van der Waals surface area contributed by atoms with Crippen LogP contribution in [0.3, 0.4) is 0 Å². The highest BCUT2D eigenvalue weighted by atomic mass is 16.5. The Hall–Kier alpha value is -1.06. The molecule has 2 N–H and O–H groups in total. The molecule has 2 unspecified atom stereocenters. The van der Waals surface area contributed by atoms with Crippen molar-refractivity contribution in [2.45, 2.75) is 31.7 Å². The van der Waals surface area contributed by atoms with E-state index in [-0.39, 0.29) is 6.04 Å². The number of aryl methyl sites for hydroxylation is 1. The van der Waals surface area contributed by atoms with Crippen LogP contribution < -0.4 is 10.5 Å². The van der Waals surface area contributed by atoms with Gasteiger partial charge in [-0.2, -0.15) is 0 Å². The van der Waals surface area contributed by atoms with E-state index < -0.39 is 0 Å². The number of hydrogen-bond donors (Lipinski definition) is 1. The van der Waals surface area contributed by atoms with Crippen molar-refractivity contribution in [1.29, 1.82) is 0 Å². The molecule has 3 nitrogen and oxygen atoms in total. The summed E-state index contributed by atoms with van der Waals surface area (Å²) in [5.74, 6) is 1.51. The lowest BCUT2D eigenvalue weighted by Crippen LogP contribution is -2.18. The van der Waals surface area contributed by atoms with Gasteiger partial charge in [-0.1, -0.05) is 6.07 Å². The quantitative estimate of drug-likeness (QED) is 0.892. The summed E-state index contributed by atoms with van der Waals surface area (Å²) in [5.41, 5.74) is 8.83. The van der Waals surface area contributed by atoms with Crippen molar-refractivity contribution in [3.63, 3.8) is 0 Å². The van der Waals surface area contributed by atoms with E-state index in [1.54, 1.807) is 0 Å². The van der Waals surface area contributed by atoms with Gasteiger partial charge in [0, 0.05) is 18.6 Å². The van der Waals surface area contributed by atoms with Crippen molar-refractivity contribution in [3.05, 3.63) is 29.3 Å². The second-order valence-electron chi connectivity index (χ2n) is 5.40. The van der Waals surface area contributed by atoms with Gasteiger partial charge in [-0.25, -0.2) is 0 Å². The highest BCUT2D eigenvalue weighted by molar-refractivity contribution is 5.39. The first-order valence-electron chi connectivity index (χ1n) is 6.92. The molecule has 0 bridgehead atoms. The molecule has 1 aromatic rings. The maximum Gasteiger partial charge on any atom is 0.119 e. The van der Waals surface area contributed by atoms with Gasteiger partial charge in [0.05, 0.1) is 13.2 Å². The monoisotopic (exact) mass is 247 g/mol. The minimum atomic E-state index is 0.187. The van der Waals surface area contributed by atoms with Crippen molar-refractivity contribution in [2.24, 2.45) is 11.7 Å². The van der Waals surface area contributed by atoms with Crippen LogP contribution in [0.25, 0.3) is 0 Å². The number of hydrogen-bond acceptors (Lipinski definition) is 3. The van der Waals surface area contributed by atoms with E-state index in [1.807, 2.05) is 0 Å². The Morgan fingerprint density at radius 3 is 3.11 bits per heavy atom. The Labute approximate surface area is 108 Å². The predicted octanol–water partition coefficient (Wildman–Crippen LogP) is 2.44. The van der Waals surface area contributed by atoms with Gasteiger partial charge in [-0.15, -0.1) is 0 Å². The summed E-state index contributed by atoms with van der Waals surface area (Å²) >= 11 is 0. The molecule has 0 spiro atoms. The van der Waals surface area contributed by atoms with E-state index >= 15 is 0 Å². The van der Waals surface area contributed by atoms with Crippen LogP contribution in [0.4, 0.5) is 0 Å². The third-order valence-electron chi connectivity index (χ3n) is 3.99. The molecule has 1 aliphatic carbocycles. The lowest BCUT2D eigenvalue weighted by atomic mass is 9.88. The van der Waals surface area contributed by atoms with Crippen LogP contribution in [0.5, 0.6) is 5.75 Å². The molecule has 0 amide bonds. The molecule has 2 atom stereocenters. The molecule has 3 rings (SSSR count). The minimum Gasteiger partial charge on any atom is -0.493 e. The third-order valence-corrected chi connectivity index (χ3v) is 3.99. The Bertz CT molecular complexity index is 413.